The zero-order valence-corrected chi connectivity index (χ0v) is 22.3. The maximum absolute atomic E-state index is 13.9. The highest BCUT2D eigenvalue weighted by Gasteiger charge is 2.18. The molecule has 0 unspecified atom stereocenters. The number of fused-ring (bicyclic) bond motifs is 2. The molecule has 3 N–H and O–H groups in total. The number of amides is 1. The van der Waals surface area contributed by atoms with Crippen molar-refractivity contribution in [1.82, 2.24) is 30.1 Å². The van der Waals surface area contributed by atoms with E-state index in [1.807, 2.05) is 30.3 Å². The zero-order valence-electron chi connectivity index (χ0n) is 22.3. The molecule has 8 nitrogen and oxygen atoms in total. The van der Waals surface area contributed by atoms with Crippen LogP contribution < -0.4 is 5.32 Å². The molecule has 41 heavy (non-hydrogen) atoms. The van der Waals surface area contributed by atoms with Crippen molar-refractivity contribution in [1.29, 1.82) is 0 Å². The molecule has 0 saturated heterocycles. The topological polar surface area (TPSA) is 112 Å². The number of aromatic nitrogens is 6. The predicted octanol–water partition coefficient (Wildman–Crippen LogP) is 7.28. The molecule has 1 aliphatic rings. The van der Waals surface area contributed by atoms with Crippen LogP contribution in [0.15, 0.2) is 73.3 Å². The molecule has 1 fully saturated rings. The minimum absolute atomic E-state index is 0.0291. The lowest BCUT2D eigenvalue weighted by Gasteiger charge is -2.20. The van der Waals surface area contributed by atoms with E-state index >= 15 is 0 Å². The Bertz CT molecular complexity index is 1890. The van der Waals surface area contributed by atoms with E-state index in [1.54, 1.807) is 30.9 Å². The van der Waals surface area contributed by atoms with Crippen LogP contribution >= 0.6 is 0 Å². The van der Waals surface area contributed by atoms with Crippen molar-refractivity contribution in [2.24, 2.45) is 5.92 Å². The number of hydrogen-bond acceptors (Lipinski definition) is 5. The highest BCUT2D eigenvalue weighted by molar-refractivity contribution is 6.00. The van der Waals surface area contributed by atoms with Crippen LogP contribution in [-0.2, 0) is 4.79 Å². The first kappa shape index (κ1) is 25.1. The van der Waals surface area contributed by atoms with Gasteiger partial charge in [-0.25, -0.2) is 9.37 Å². The summed E-state index contributed by atoms with van der Waals surface area (Å²) in [7, 11) is 0. The van der Waals surface area contributed by atoms with Crippen molar-refractivity contribution in [3.8, 4) is 33.8 Å². The highest BCUT2D eigenvalue weighted by Crippen LogP contribution is 2.34. The Morgan fingerprint density at radius 2 is 1.85 bits per heavy atom. The van der Waals surface area contributed by atoms with Crippen molar-refractivity contribution in [2.75, 3.05) is 5.32 Å². The molecule has 5 heterocycles. The molecular formula is C32H28FN7O. The fourth-order valence-corrected chi connectivity index (χ4v) is 5.86. The first-order chi connectivity index (χ1) is 20.1. The molecule has 0 radical (unpaired) electrons. The number of aromatic amines is 2. The standard InChI is InChI=1S/C32H28FN7O/c33-22-8-4-7-20(12-22)24-9-10-35-32-25(24)14-28(38-32)31-26-15-27(36-18-29(26)39-40-31)21-13-23(17-34-16-21)37-30(41)11-19-5-2-1-3-6-19/h4,7-10,12-19H,1-3,5-6,11H2,(H,35,38)(H,37,41)(H,39,40). The van der Waals surface area contributed by atoms with Gasteiger partial charge in [-0.15, -0.1) is 0 Å². The van der Waals surface area contributed by atoms with Gasteiger partial charge in [-0.1, -0.05) is 31.4 Å². The highest BCUT2D eigenvalue weighted by atomic mass is 19.1. The number of benzene rings is 1. The molecule has 0 aliphatic heterocycles. The lowest BCUT2D eigenvalue weighted by Crippen LogP contribution is -2.18. The summed E-state index contributed by atoms with van der Waals surface area (Å²) >= 11 is 0. The van der Waals surface area contributed by atoms with Gasteiger partial charge in [-0.3, -0.25) is 19.9 Å². The summed E-state index contributed by atoms with van der Waals surface area (Å²) in [6.45, 7) is 0. The van der Waals surface area contributed by atoms with Gasteiger partial charge in [0.15, 0.2) is 0 Å². The van der Waals surface area contributed by atoms with Crippen molar-refractivity contribution in [2.45, 2.75) is 38.5 Å². The van der Waals surface area contributed by atoms with E-state index in [1.165, 1.54) is 31.4 Å². The molecule has 5 aromatic heterocycles. The normalized spacial score (nSPS) is 14.1. The molecule has 1 amide bonds. The second-order valence-electron chi connectivity index (χ2n) is 10.7. The summed E-state index contributed by atoms with van der Waals surface area (Å²) in [4.78, 5) is 29.5. The van der Waals surface area contributed by atoms with Crippen molar-refractivity contribution < 1.29 is 9.18 Å². The second-order valence-corrected chi connectivity index (χ2v) is 10.7. The first-order valence-corrected chi connectivity index (χ1v) is 13.9. The zero-order chi connectivity index (χ0) is 27.8. The van der Waals surface area contributed by atoms with E-state index in [-0.39, 0.29) is 11.7 Å². The summed E-state index contributed by atoms with van der Waals surface area (Å²) in [5.74, 6) is 0.207. The summed E-state index contributed by atoms with van der Waals surface area (Å²) in [6.07, 6.45) is 13.4. The summed E-state index contributed by atoms with van der Waals surface area (Å²) < 4.78 is 13.9. The van der Waals surface area contributed by atoms with Crippen molar-refractivity contribution in [3.05, 3.63) is 79.1 Å². The van der Waals surface area contributed by atoms with Gasteiger partial charge < -0.3 is 10.3 Å². The third-order valence-electron chi connectivity index (χ3n) is 7.89. The quantitative estimate of drug-likeness (QED) is 0.204. The molecule has 6 aromatic rings. The van der Waals surface area contributed by atoms with Gasteiger partial charge >= 0.3 is 0 Å². The number of carbonyl (C=O) groups excluding carboxylic acids is 1. The van der Waals surface area contributed by atoms with Gasteiger partial charge in [0.25, 0.3) is 0 Å². The average molecular weight is 546 g/mol. The predicted molar refractivity (Wildman–Crippen MR) is 157 cm³/mol. The van der Waals surface area contributed by atoms with E-state index in [9.17, 15) is 9.18 Å². The second kappa shape index (κ2) is 10.6. The van der Waals surface area contributed by atoms with Crippen LogP contribution in [0, 0.1) is 11.7 Å². The van der Waals surface area contributed by atoms with Gasteiger partial charge in [-0.05, 0) is 66.3 Å². The fourth-order valence-electron chi connectivity index (χ4n) is 5.86. The Balaban J connectivity index is 1.19. The Morgan fingerprint density at radius 3 is 2.73 bits per heavy atom. The van der Waals surface area contributed by atoms with E-state index in [4.69, 9.17) is 0 Å². The third-order valence-corrected chi connectivity index (χ3v) is 7.89. The van der Waals surface area contributed by atoms with Crippen LogP contribution in [0.2, 0.25) is 0 Å². The van der Waals surface area contributed by atoms with Crippen LogP contribution in [0.5, 0.6) is 0 Å². The molecule has 204 valence electrons. The summed E-state index contributed by atoms with van der Waals surface area (Å²) in [5.41, 5.74) is 6.79. The summed E-state index contributed by atoms with van der Waals surface area (Å²) in [6, 6.07) is 14.3. The Hall–Kier alpha value is -4.92. The number of nitrogens with zero attached hydrogens (tertiary/aromatic N) is 4. The monoisotopic (exact) mass is 545 g/mol. The van der Waals surface area contributed by atoms with Gasteiger partial charge in [0, 0.05) is 35.2 Å². The molecule has 0 bridgehead atoms. The molecular weight excluding hydrogens is 517 g/mol. The Kier molecular flexibility index (Phi) is 6.47. The molecule has 7 rings (SSSR count). The number of rotatable bonds is 6. The van der Waals surface area contributed by atoms with E-state index in [2.05, 4.69) is 35.5 Å². The molecule has 1 aromatic carbocycles. The number of anilines is 1. The van der Waals surface area contributed by atoms with Crippen molar-refractivity contribution in [3.63, 3.8) is 0 Å². The number of hydrogen-bond donors (Lipinski definition) is 3. The molecule has 9 heteroatoms. The lowest BCUT2D eigenvalue weighted by molar-refractivity contribution is -0.117. The Morgan fingerprint density at radius 1 is 0.951 bits per heavy atom. The minimum Gasteiger partial charge on any atom is -0.338 e. The van der Waals surface area contributed by atoms with Crippen LogP contribution in [0.4, 0.5) is 10.1 Å². The van der Waals surface area contributed by atoms with E-state index < -0.39 is 0 Å². The van der Waals surface area contributed by atoms with Crippen molar-refractivity contribution >= 4 is 33.5 Å². The smallest absolute Gasteiger partial charge is 0.224 e. The molecule has 1 saturated carbocycles. The average Bonchev–Trinajstić information content (AvgIpc) is 3.61. The maximum atomic E-state index is 13.9. The van der Waals surface area contributed by atoms with Gasteiger partial charge in [0.2, 0.25) is 5.91 Å². The van der Waals surface area contributed by atoms with Crippen LogP contribution in [0.3, 0.4) is 0 Å². The molecule has 0 spiro atoms. The lowest BCUT2D eigenvalue weighted by atomic mass is 9.87. The fraction of sp³-hybridized carbons (Fsp3) is 0.219. The van der Waals surface area contributed by atoms with Gasteiger partial charge in [0.05, 0.1) is 35.0 Å². The Labute approximate surface area is 235 Å². The number of pyridine rings is 3. The first-order valence-electron chi connectivity index (χ1n) is 13.9. The van der Waals surface area contributed by atoms with Crippen LogP contribution in [-0.4, -0.2) is 36.0 Å². The van der Waals surface area contributed by atoms with Crippen LogP contribution in [0.1, 0.15) is 38.5 Å². The largest absolute Gasteiger partial charge is 0.338 e. The molecule has 1 aliphatic carbocycles. The van der Waals surface area contributed by atoms with E-state index in [0.29, 0.717) is 29.4 Å². The summed E-state index contributed by atoms with van der Waals surface area (Å²) in [5, 5.41) is 12.4. The number of nitrogens with one attached hydrogen (secondary N) is 3. The third kappa shape index (κ3) is 5.06. The number of H-pyrrole nitrogens is 2. The van der Waals surface area contributed by atoms with Gasteiger partial charge in [-0.2, -0.15) is 5.10 Å². The SMILES string of the molecule is O=C(CC1CCCCC1)Nc1cncc(-c2cc3c(-c4cc5c(-c6cccc(F)c6)ccnc5[nH]4)n[nH]c3cn2)c1. The minimum atomic E-state index is -0.288. The number of carbonyl (C=O) groups is 1. The van der Waals surface area contributed by atoms with E-state index in [0.717, 1.165) is 57.2 Å². The van der Waals surface area contributed by atoms with Gasteiger partial charge in [0.1, 0.15) is 17.2 Å². The van der Waals surface area contributed by atoms with Crippen LogP contribution in [0.25, 0.3) is 55.7 Å². The number of halogens is 1. The maximum Gasteiger partial charge on any atom is 0.224 e. The molecule has 0 atom stereocenters.